The van der Waals surface area contributed by atoms with Crippen LogP contribution in [-0.4, -0.2) is 15.2 Å². The molecule has 0 saturated carbocycles. The normalized spacial score (nSPS) is 13.3. The van der Waals surface area contributed by atoms with Crippen molar-refractivity contribution in [1.82, 2.24) is 15.2 Å². The van der Waals surface area contributed by atoms with E-state index in [-0.39, 0.29) is 12.0 Å². The fourth-order valence-electron chi connectivity index (χ4n) is 0.902. The van der Waals surface area contributed by atoms with Gasteiger partial charge in [0.05, 0.1) is 6.04 Å². The molecular formula is C6H13N5. The molecule has 0 bridgehead atoms. The van der Waals surface area contributed by atoms with Gasteiger partial charge in [0.1, 0.15) is 5.82 Å². The Kier molecular flexibility index (Phi) is 2.43. The van der Waals surface area contributed by atoms with Crippen LogP contribution in [0.25, 0.3) is 0 Å². The monoisotopic (exact) mass is 155 g/mol. The van der Waals surface area contributed by atoms with Gasteiger partial charge in [-0.3, -0.25) is 5.10 Å². The molecule has 0 spiro atoms. The smallest absolute Gasteiger partial charge is 0.239 e. The number of hydrogen-bond acceptors (Lipinski definition) is 4. The Hall–Kier alpha value is -1.10. The Morgan fingerprint density at radius 2 is 2.36 bits per heavy atom. The van der Waals surface area contributed by atoms with E-state index in [1.807, 2.05) is 0 Å². The first-order valence-electron chi connectivity index (χ1n) is 3.67. The van der Waals surface area contributed by atoms with Crippen LogP contribution in [0.4, 0.5) is 5.95 Å². The Morgan fingerprint density at radius 1 is 1.64 bits per heavy atom. The summed E-state index contributed by atoms with van der Waals surface area (Å²) in [4.78, 5) is 3.92. The first-order valence-corrected chi connectivity index (χ1v) is 3.67. The molecule has 5 nitrogen and oxygen atoms in total. The number of nitrogens with zero attached hydrogens (tertiary/aromatic N) is 2. The van der Waals surface area contributed by atoms with E-state index >= 15 is 0 Å². The van der Waals surface area contributed by atoms with Gasteiger partial charge >= 0.3 is 0 Å². The molecule has 5 N–H and O–H groups in total. The maximum atomic E-state index is 5.73. The molecule has 0 unspecified atom stereocenters. The number of anilines is 1. The molecular weight excluding hydrogens is 142 g/mol. The van der Waals surface area contributed by atoms with E-state index in [0.717, 1.165) is 12.8 Å². The van der Waals surface area contributed by atoms with E-state index in [9.17, 15) is 0 Å². The molecule has 1 atom stereocenters. The summed E-state index contributed by atoms with van der Waals surface area (Å²) < 4.78 is 0. The molecule has 0 aliphatic carbocycles. The van der Waals surface area contributed by atoms with Crippen LogP contribution < -0.4 is 11.5 Å². The maximum absolute atomic E-state index is 5.73. The van der Waals surface area contributed by atoms with Gasteiger partial charge in [-0.15, -0.1) is 5.10 Å². The number of aromatic nitrogens is 3. The van der Waals surface area contributed by atoms with Crippen molar-refractivity contribution in [3.63, 3.8) is 0 Å². The van der Waals surface area contributed by atoms with Crippen LogP contribution >= 0.6 is 0 Å². The highest BCUT2D eigenvalue weighted by molar-refractivity contribution is 5.13. The van der Waals surface area contributed by atoms with Crippen LogP contribution in [0.3, 0.4) is 0 Å². The first-order chi connectivity index (χ1) is 5.24. The summed E-state index contributed by atoms with van der Waals surface area (Å²) in [6.07, 6.45) is 1.93. The van der Waals surface area contributed by atoms with Crippen molar-refractivity contribution >= 4 is 5.95 Å². The van der Waals surface area contributed by atoms with Gasteiger partial charge in [0.25, 0.3) is 0 Å². The quantitative estimate of drug-likeness (QED) is 0.580. The lowest BCUT2D eigenvalue weighted by atomic mass is 10.2. The molecule has 0 aromatic carbocycles. The van der Waals surface area contributed by atoms with Gasteiger partial charge < -0.3 is 11.5 Å². The third kappa shape index (κ3) is 1.91. The van der Waals surface area contributed by atoms with Gasteiger partial charge in [-0.2, -0.15) is 4.98 Å². The van der Waals surface area contributed by atoms with E-state index < -0.39 is 0 Å². The average molecular weight is 155 g/mol. The largest absolute Gasteiger partial charge is 0.367 e. The lowest BCUT2D eigenvalue weighted by Crippen LogP contribution is -2.11. The summed E-state index contributed by atoms with van der Waals surface area (Å²) in [5, 5.41) is 6.36. The second-order valence-electron chi connectivity index (χ2n) is 2.47. The fraction of sp³-hybridized carbons (Fsp3) is 0.667. The molecule has 0 aliphatic rings. The molecule has 62 valence electrons. The fourth-order valence-corrected chi connectivity index (χ4v) is 0.902. The van der Waals surface area contributed by atoms with Gasteiger partial charge in [-0.1, -0.05) is 13.3 Å². The summed E-state index contributed by atoms with van der Waals surface area (Å²) in [5.41, 5.74) is 11.0. The molecule has 0 fully saturated rings. The van der Waals surface area contributed by atoms with Crippen LogP contribution in [0.15, 0.2) is 0 Å². The van der Waals surface area contributed by atoms with Crippen molar-refractivity contribution in [1.29, 1.82) is 0 Å². The number of nitrogen functional groups attached to an aromatic ring is 1. The molecule has 1 heterocycles. The molecule has 0 radical (unpaired) electrons. The topological polar surface area (TPSA) is 93.6 Å². The lowest BCUT2D eigenvalue weighted by Gasteiger charge is -2.03. The first kappa shape index (κ1) is 8.00. The minimum absolute atomic E-state index is 0.0650. The highest BCUT2D eigenvalue weighted by Crippen LogP contribution is 2.10. The van der Waals surface area contributed by atoms with Crippen molar-refractivity contribution in [2.45, 2.75) is 25.8 Å². The highest BCUT2D eigenvalue weighted by Gasteiger charge is 2.08. The standard InChI is InChI=1S/C6H13N5/c1-2-3-4(7)5-9-6(8)11-10-5/h4H,2-3,7H2,1H3,(H3,8,9,10,11)/t4-/m1/s1. The SMILES string of the molecule is CCC[C@@H](N)c1nc(N)n[nH]1. The number of nitrogens with two attached hydrogens (primary N) is 2. The predicted octanol–water partition coefficient (Wildman–Crippen LogP) is 0.187. The number of H-pyrrole nitrogens is 1. The van der Waals surface area contributed by atoms with E-state index in [1.165, 1.54) is 0 Å². The summed E-state index contributed by atoms with van der Waals surface area (Å²) in [7, 11) is 0. The third-order valence-corrected chi connectivity index (χ3v) is 1.47. The number of nitrogens with one attached hydrogen (secondary N) is 1. The minimum atomic E-state index is -0.0650. The maximum Gasteiger partial charge on any atom is 0.239 e. The van der Waals surface area contributed by atoms with Crippen LogP contribution in [0, 0.1) is 0 Å². The van der Waals surface area contributed by atoms with Gasteiger partial charge in [-0.05, 0) is 6.42 Å². The summed E-state index contributed by atoms with van der Waals surface area (Å²) in [5.74, 6) is 0.927. The molecule has 5 heteroatoms. The van der Waals surface area contributed by atoms with Crippen LogP contribution in [-0.2, 0) is 0 Å². The zero-order valence-electron chi connectivity index (χ0n) is 6.54. The van der Waals surface area contributed by atoms with Crippen molar-refractivity contribution in [2.24, 2.45) is 5.73 Å². The highest BCUT2D eigenvalue weighted by atomic mass is 15.3. The Labute approximate surface area is 65.2 Å². The second-order valence-corrected chi connectivity index (χ2v) is 2.47. The second kappa shape index (κ2) is 3.34. The van der Waals surface area contributed by atoms with Gasteiger partial charge in [0.2, 0.25) is 5.95 Å². The van der Waals surface area contributed by atoms with Crippen molar-refractivity contribution < 1.29 is 0 Å². The van der Waals surface area contributed by atoms with Crippen LogP contribution in [0.1, 0.15) is 31.6 Å². The van der Waals surface area contributed by atoms with Crippen molar-refractivity contribution in [2.75, 3.05) is 5.73 Å². The van der Waals surface area contributed by atoms with Gasteiger partial charge in [-0.25, -0.2) is 0 Å². The summed E-state index contributed by atoms with van der Waals surface area (Å²) in [6.45, 7) is 2.07. The molecule has 0 amide bonds. The zero-order chi connectivity index (χ0) is 8.27. The number of aromatic amines is 1. The lowest BCUT2D eigenvalue weighted by molar-refractivity contribution is 0.604. The van der Waals surface area contributed by atoms with Crippen LogP contribution in [0.5, 0.6) is 0 Å². The average Bonchev–Trinajstić information content (AvgIpc) is 2.36. The van der Waals surface area contributed by atoms with Gasteiger partial charge in [0, 0.05) is 0 Å². The molecule has 11 heavy (non-hydrogen) atoms. The third-order valence-electron chi connectivity index (χ3n) is 1.47. The van der Waals surface area contributed by atoms with Crippen LogP contribution in [0.2, 0.25) is 0 Å². The van der Waals surface area contributed by atoms with E-state index in [4.69, 9.17) is 11.5 Å². The van der Waals surface area contributed by atoms with Crippen molar-refractivity contribution in [3.8, 4) is 0 Å². The minimum Gasteiger partial charge on any atom is -0.367 e. The molecule has 0 saturated heterocycles. The molecule has 1 rings (SSSR count). The molecule has 1 aromatic heterocycles. The number of rotatable bonds is 3. The number of hydrogen-bond donors (Lipinski definition) is 3. The summed E-state index contributed by atoms with van der Waals surface area (Å²) >= 11 is 0. The van der Waals surface area contributed by atoms with E-state index in [1.54, 1.807) is 0 Å². The summed E-state index contributed by atoms with van der Waals surface area (Å²) in [6, 6.07) is -0.0650. The van der Waals surface area contributed by atoms with Gasteiger partial charge in [0.15, 0.2) is 0 Å². The molecule has 0 aliphatic heterocycles. The van der Waals surface area contributed by atoms with E-state index in [0.29, 0.717) is 5.82 Å². The zero-order valence-corrected chi connectivity index (χ0v) is 6.54. The van der Waals surface area contributed by atoms with E-state index in [2.05, 4.69) is 22.1 Å². The Balaban J connectivity index is 2.60. The Bertz CT molecular complexity index is 219. The van der Waals surface area contributed by atoms with Crippen molar-refractivity contribution in [3.05, 3.63) is 5.82 Å². The predicted molar refractivity (Wildman–Crippen MR) is 42.6 cm³/mol. The molecule has 1 aromatic rings. The Morgan fingerprint density at radius 3 is 2.82 bits per heavy atom.